The first-order valence-corrected chi connectivity index (χ1v) is 12.7. The van der Waals surface area contributed by atoms with Crippen molar-refractivity contribution < 1.29 is 9.47 Å². The van der Waals surface area contributed by atoms with E-state index in [0.717, 1.165) is 11.8 Å². The smallest absolute Gasteiger partial charge is 0.0608 e. The molecule has 2 heteroatoms. The van der Waals surface area contributed by atoms with E-state index in [4.69, 9.17) is 9.47 Å². The van der Waals surface area contributed by atoms with Gasteiger partial charge in [-0.2, -0.15) is 0 Å². The molecule has 4 rings (SSSR count). The summed E-state index contributed by atoms with van der Waals surface area (Å²) in [5.74, 6) is 1.78. The standard InChI is InChI=1S/C25H44O2/c1-4-10-20(11-5-1)24-18-16-22(26-24)14-8-3-9-15-23-17-19-25(27-23)21-12-6-2-7-13-21/h20-25H,1-19H2. The third kappa shape index (κ3) is 5.95. The molecule has 0 N–H and O–H groups in total. The van der Waals surface area contributed by atoms with E-state index in [9.17, 15) is 0 Å². The quantitative estimate of drug-likeness (QED) is 0.417. The van der Waals surface area contributed by atoms with Gasteiger partial charge in [0.15, 0.2) is 0 Å². The number of ether oxygens (including phenoxy) is 2. The predicted octanol–water partition coefficient (Wildman–Crippen LogP) is 7.19. The third-order valence-electron chi connectivity index (χ3n) is 8.18. The van der Waals surface area contributed by atoms with E-state index in [0.29, 0.717) is 24.4 Å². The molecular weight excluding hydrogens is 332 g/mol. The molecule has 4 fully saturated rings. The molecule has 0 spiro atoms. The molecule has 0 radical (unpaired) electrons. The molecule has 0 bridgehead atoms. The average molecular weight is 377 g/mol. The van der Waals surface area contributed by atoms with Crippen molar-refractivity contribution in [2.75, 3.05) is 0 Å². The van der Waals surface area contributed by atoms with Crippen LogP contribution >= 0.6 is 0 Å². The Balaban J connectivity index is 1.04. The average Bonchev–Trinajstić information content (AvgIpc) is 3.39. The second-order valence-electron chi connectivity index (χ2n) is 10.2. The van der Waals surface area contributed by atoms with Crippen LogP contribution in [0.15, 0.2) is 0 Å². The molecule has 2 heterocycles. The van der Waals surface area contributed by atoms with Crippen molar-refractivity contribution in [2.45, 2.75) is 146 Å². The van der Waals surface area contributed by atoms with Crippen molar-refractivity contribution >= 4 is 0 Å². The van der Waals surface area contributed by atoms with E-state index in [-0.39, 0.29) is 0 Å². The summed E-state index contributed by atoms with van der Waals surface area (Å²) >= 11 is 0. The Bertz CT molecular complexity index is 373. The molecule has 2 saturated carbocycles. The highest BCUT2D eigenvalue weighted by atomic mass is 16.5. The van der Waals surface area contributed by atoms with E-state index in [2.05, 4.69) is 0 Å². The van der Waals surface area contributed by atoms with Gasteiger partial charge in [-0.1, -0.05) is 57.8 Å². The number of rotatable bonds is 8. The zero-order chi connectivity index (χ0) is 18.3. The van der Waals surface area contributed by atoms with Crippen LogP contribution in [0.3, 0.4) is 0 Å². The molecule has 4 unspecified atom stereocenters. The third-order valence-corrected chi connectivity index (χ3v) is 8.18. The topological polar surface area (TPSA) is 18.5 Å². The predicted molar refractivity (Wildman–Crippen MR) is 112 cm³/mol. The lowest BCUT2D eigenvalue weighted by atomic mass is 9.84. The minimum atomic E-state index is 0.579. The highest BCUT2D eigenvalue weighted by Gasteiger charge is 2.33. The normalized spacial score (nSPS) is 36.4. The van der Waals surface area contributed by atoms with Crippen LogP contribution in [0.5, 0.6) is 0 Å². The number of hydrogen-bond donors (Lipinski definition) is 0. The Hall–Kier alpha value is -0.0800. The van der Waals surface area contributed by atoms with Gasteiger partial charge in [-0.25, -0.2) is 0 Å². The van der Waals surface area contributed by atoms with Crippen LogP contribution in [0.4, 0.5) is 0 Å². The summed E-state index contributed by atoms with van der Waals surface area (Å²) in [5, 5.41) is 0. The van der Waals surface area contributed by atoms with Gasteiger partial charge in [0, 0.05) is 0 Å². The fraction of sp³-hybridized carbons (Fsp3) is 1.00. The first-order chi connectivity index (χ1) is 13.4. The molecule has 156 valence electrons. The van der Waals surface area contributed by atoms with Crippen LogP contribution in [0.2, 0.25) is 0 Å². The molecule has 0 aromatic carbocycles. The van der Waals surface area contributed by atoms with Gasteiger partial charge in [0.05, 0.1) is 24.4 Å². The minimum absolute atomic E-state index is 0.579. The van der Waals surface area contributed by atoms with Crippen molar-refractivity contribution in [1.29, 1.82) is 0 Å². The summed E-state index contributed by atoms with van der Waals surface area (Å²) in [4.78, 5) is 0. The molecule has 0 aromatic heterocycles. The summed E-state index contributed by atoms with van der Waals surface area (Å²) in [6.07, 6.45) is 28.8. The minimum Gasteiger partial charge on any atom is -0.375 e. The van der Waals surface area contributed by atoms with E-state index in [1.807, 2.05) is 0 Å². The van der Waals surface area contributed by atoms with Crippen molar-refractivity contribution in [2.24, 2.45) is 11.8 Å². The highest BCUT2D eigenvalue weighted by Crippen LogP contribution is 2.37. The number of hydrogen-bond acceptors (Lipinski definition) is 2. The zero-order valence-corrected chi connectivity index (χ0v) is 17.7. The molecule has 0 amide bonds. The summed E-state index contributed by atoms with van der Waals surface area (Å²) in [6.45, 7) is 0. The van der Waals surface area contributed by atoms with Crippen molar-refractivity contribution in [1.82, 2.24) is 0 Å². The van der Waals surface area contributed by atoms with Gasteiger partial charge in [0.1, 0.15) is 0 Å². The van der Waals surface area contributed by atoms with Gasteiger partial charge < -0.3 is 9.47 Å². The molecule has 2 saturated heterocycles. The van der Waals surface area contributed by atoms with Crippen LogP contribution in [0.1, 0.15) is 122 Å². The summed E-state index contributed by atoms with van der Waals surface area (Å²) in [6, 6.07) is 0. The Labute approximate surface area is 168 Å². The van der Waals surface area contributed by atoms with Gasteiger partial charge in [-0.15, -0.1) is 0 Å². The van der Waals surface area contributed by atoms with Crippen LogP contribution in [0.25, 0.3) is 0 Å². The van der Waals surface area contributed by atoms with Crippen molar-refractivity contribution in [3.8, 4) is 0 Å². The van der Waals surface area contributed by atoms with Gasteiger partial charge in [-0.3, -0.25) is 0 Å². The van der Waals surface area contributed by atoms with Gasteiger partial charge in [0.2, 0.25) is 0 Å². The van der Waals surface area contributed by atoms with Crippen molar-refractivity contribution in [3.63, 3.8) is 0 Å². The summed E-state index contributed by atoms with van der Waals surface area (Å²) in [7, 11) is 0. The van der Waals surface area contributed by atoms with Crippen LogP contribution in [-0.4, -0.2) is 24.4 Å². The SMILES string of the molecule is C(CCC1CCC(C2CCCCC2)O1)CCC1CCC(C2CCCCC2)O1. The molecule has 2 nitrogen and oxygen atoms in total. The molecule has 4 aliphatic rings. The van der Waals surface area contributed by atoms with Gasteiger partial charge in [-0.05, 0) is 76.0 Å². The second kappa shape index (κ2) is 10.6. The molecule has 27 heavy (non-hydrogen) atoms. The fourth-order valence-corrected chi connectivity index (χ4v) is 6.52. The fourth-order valence-electron chi connectivity index (χ4n) is 6.52. The number of unbranched alkanes of at least 4 members (excludes halogenated alkanes) is 2. The Morgan fingerprint density at radius 3 is 1.33 bits per heavy atom. The van der Waals surface area contributed by atoms with E-state index in [1.54, 1.807) is 0 Å². The van der Waals surface area contributed by atoms with Crippen LogP contribution in [-0.2, 0) is 9.47 Å². The van der Waals surface area contributed by atoms with E-state index < -0.39 is 0 Å². The van der Waals surface area contributed by atoms with Crippen LogP contribution < -0.4 is 0 Å². The lowest BCUT2D eigenvalue weighted by Crippen LogP contribution is -2.23. The highest BCUT2D eigenvalue weighted by molar-refractivity contribution is 4.83. The first-order valence-electron chi connectivity index (χ1n) is 12.7. The van der Waals surface area contributed by atoms with E-state index in [1.165, 1.54) is 122 Å². The largest absolute Gasteiger partial charge is 0.375 e. The molecule has 2 aliphatic heterocycles. The Kier molecular flexibility index (Phi) is 7.95. The molecule has 0 aromatic rings. The first kappa shape index (κ1) is 20.2. The molecule has 2 aliphatic carbocycles. The molecule has 4 atom stereocenters. The lowest BCUT2D eigenvalue weighted by Gasteiger charge is -2.27. The Morgan fingerprint density at radius 2 is 0.889 bits per heavy atom. The van der Waals surface area contributed by atoms with Crippen LogP contribution in [0, 0.1) is 11.8 Å². The maximum absolute atomic E-state index is 6.44. The Morgan fingerprint density at radius 1 is 0.444 bits per heavy atom. The summed E-state index contributed by atoms with van der Waals surface area (Å²) < 4.78 is 12.9. The monoisotopic (exact) mass is 376 g/mol. The maximum Gasteiger partial charge on any atom is 0.0608 e. The lowest BCUT2D eigenvalue weighted by molar-refractivity contribution is -0.00618. The van der Waals surface area contributed by atoms with Crippen molar-refractivity contribution in [3.05, 3.63) is 0 Å². The summed E-state index contributed by atoms with van der Waals surface area (Å²) in [5.41, 5.74) is 0. The zero-order valence-electron chi connectivity index (χ0n) is 17.7. The van der Waals surface area contributed by atoms with Gasteiger partial charge in [0.25, 0.3) is 0 Å². The van der Waals surface area contributed by atoms with Gasteiger partial charge >= 0.3 is 0 Å². The molecular formula is C25H44O2. The van der Waals surface area contributed by atoms with E-state index >= 15 is 0 Å². The maximum atomic E-state index is 6.44. The second-order valence-corrected chi connectivity index (χ2v) is 10.2.